The third-order valence-corrected chi connectivity index (χ3v) is 5.80. The molecule has 1 saturated heterocycles. The summed E-state index contributed by atoms with van der Waals surface area (Å²) in [5.41, 5.74) is 1.07. The molecule has 3 heterocycles. The van der Waals surface area contributed by atoms with Crippen molar-refractivity contribution in [2.75, 3.05) is 26.2 Å². The van der Waals surface area contributed by atoms with Crippen molar-refractivity contribution in [2.24, 2.45) is 0 Å². The molecule has 1 aliphatic heterocycles. The molecule has 0 radical (unpaired) electrons. The molecule has 3 aromatic rings. The maximum atomic E-state index is 13.3. The molecule has 0 unspecified atom stereocenters. The summed E-state index contributed by atoms with van der Waals surface area (Å²) >= 11 is 0. The summed E-state index contributed by atoms with van der Waals surface area (Å²) in [4.78, 5) is 29.2. The number of carbonyl (C=O) groups is 2. The van der Waals surface area contributed by atoms with Crippen LogP contribution in [0.2, 0.25) is 0 Å². The van der Waals surface area contributed by atoms with Gasteiger partial charge in [0, 0.05) is 37.8 Å². The van der Waals surface area contributed by atoms with Crippen LogP contribution in [0.5, 0.6) is 0 Å². The second-order valence-corrected chi connectivity index (χ2v) is 7.59. The maximum absolute atomic E-state index is 13.3. The molecule has 1 saturated carbocycles. The third-order valence-electron chi connectivity index (χ3n) is 5.80. The van der Waals surface area contributed by atoms with Gasteiger partial charge in [-0.1, -0.05) is 35.5 Å². The number of piperazine rings is 1. The minimum Gasteiger partial charge on any atom is -0.459 e. The van der Waals surface area contributed by atoms with E-state index in [1.165, 1.54) is 6.26 Å². The fourth-order valence-corrected chi connectivity index (χ4v) is 3.92. The van der Waals surface area contributed by atoms with E-state index in [1.54, 1.807) is 17.0 Å². The number of nitrogens with zero attached hydrogens (tertiary/aromatic N) is 3. The summed E-state index contributed by atoms with van der Waals surface area (Å²) in [7, 11) is 0. The normalized spacial score (nSPS) is 17.9. The van der Waals surface area contributed by atoms with Crippen LogP contribution >= 0.6 is 0 Å². The number of hydrogen-bond acceptors (Lipinski definition) is 5. The average molecular weight is 391 g/mol. The molecule has 5 rings (SSSR count). The van der Waals surface area contributed by atoms with Crippen molar-refractivity contribution >= 4 is 11.8 Å². The summed E-state index contributed by atoms with van der Waals surface area (Å²) in [5, 5.41) is 4.22. The Morgan fingerprint density at radius 3 is 2.31 bits per heavy atom. The first-order chi connectivity index (χ1) is 14.2. The Hall–Kier alpha value is -3.35. The van der Waals surface area contributed by atoms with E-state index < -0.39 is 5.41 Å². The highest BCUT2D eigenvalue weighted by Crippen LogP contribution is 2.50. The highest BCUT2D eigenvalue weighted by Gasteiger charge is 2.55. The van der Waals surface area contributed by atoms with Crippen molar-refractivity contribution in [2.45, 2.75) is 18.3 Å². The first-order valence-corrected chi connectivity index (χ1v) is 9.82. The predicted molar refractivity (Wildman–Crippen MR) is 104 cm³/mol. The molecular formula is C22H21N3O4. The van der Waals surface area contributed by atoms with Crippen molar-refractivity contribution in [1.82, 2.24) is 15.0 Å². The van der Waals surface area contributed by atoms with E-state index in [0.717, 1.165) is 18.4 Å². The van der Waals surface area contributed by atoms with Gasteiger partial charge in [-0.25, -0.2) is 0 Å². The van der Waals surface area contributed by atoms with E-state index in [-0.39, 0.29) is 11.8 Å². The Kier molecular flexibility index (Phi) is 4.23. The van der Waals surface area contributed by atoms with Crippen molar-refractivity contribution < 1.29 is 18.5 Å². The number of amides is 2. The number of rotatable bonds is 4. The SMILES string of the molecule is O=C(c1ccco1)N1CCN(C(=O)C2(c3cc(-c4ccccc4)on3)CC2)CC1. The quantitative estimate of drug-likeness (QED) is 0.683. The zero-order valence-electron chi connectivity index (χ0n) is 15.9. The van der Waals surface area contributed by atoms with Gasteiger partial charge in [0.05, 0.1) is 17.4 Å². The van der Waals surface area contributed by atoms with Gasteiger partial charge in [0.15, 0.2) is 11.5 Å². The van der Waals surface area contributed by atoms with Gasteiger partial charge in [-0.05, 0) is 25.0 Å². The van der Waals surface area contributed by atoms with Crippen LogP contribution in [-0.2, 0) is 10.2 Å². The Bertz CT molecular complexity index is 1010. The molecule has 0 bridgehead atoms. The van der Waals surface area contributed by atoms with Gasteiger partial charge in [0.1, 0.15) is 0 Å². The molecule has 2 aromatic heterocycles. The largest absolute Gasteiger partial charge is 0.459 e. The van der Waals surface area contributed by atoms with Gasteiger partial charge in [-0.3, -0.25) is 9.59 Å². The number of carbonyl (C=O) groups excluding carboxylic acids is 2. The molecule has 0 N–H and O–H groups in total. The molecule has 2 fully saturated rings. The van der Waals surface area contributed by atoms with Crippen molar-refractivity contribution in [1.29, 1.82) is 0 Å². The topological polar surface area (TPSA) is 79.8 Å². The summed E-state index contributed by atoms with van der Waals surface area (Å²) in [6, 6.07) is 15.0. The zero-order chi connectivity index (χ0) is 19.8. The minimum atomic E-state index is -0.580. The fraction of sp³-hybridized carbons (Fsp3) is 0.318. The lowest BCUT2D eigenvalue weighted by atomic mass is 9.99. The van der Waals surface area contributed by atoms with Crippen LogP contribution in [0.15, 0.2) is 63.7 Å². The molecule has 0 atom stereocenters. The third kappa shape index (κ3) is 3.12. The van der Waals surface area contributed by atoms with E-state index in [9.17, 15) is 9.59 Å². The highest BCUT2D eigenvalue weighted by molar-refractivity contribution is 5.93. The summed E-state index contributed by atoms with van der Waals surface area (Å²) < 4.78 is 10.7. The monoisotopic (exact) mass is 391 g/mol. The van der Waals surface area contributed by atoms with E-state index in [4.69, 9.17) is 8.94 Å². The summed E-state index contributed by atoms with van der Waals surface area (Å²) in [6.07, 6.45) is 3.04. The van der Waals surface area contributed by atoms with Gasteiger partial charge in [0.25, 0.3) is 5.91 Å². The first-order valence-electron chi connectivity index (χ1n) is 9.82. The number of aromatic nitrogens is 1. The van der Waals surface area contributed by atoms with Gasteiger partial charge in [0.2, 0.25) is 5.91 Å². The minimum absolute atomic E-state index is 0.0792. The fourth-order valence-electron chi connectivity index (χ4n) is 3.92. The molecule has 2 amide bonds. The Balaban J connectivity index is 1.27. The molecule has 2 aliphatic rings. The van der Waals surface area contributed by atoms with Gasteiger partial charge in [-0.15, -0.1) is 0 Å². The smallest absolute Gasteiger partial charge is 0.289 e. The molecule has 7 nitrogen and oxygen atoms in total. The van der Waals surface area contributed by atoms with Crippen LogP contribution in [0.25, 0.3) is 11.3 Å². The Labute approximate surface area is 167 Å². The van der Waals surface area contributed by atoms with Crippen LogP contribution in [0.4, 0.5) is 0 Å². The van der Waals surface area contributed by atoms with E-state index in [0.29, 0.717) is 43.4 Å². The standard InChI is InChI=1S/C22H21N3O4/c26-20(17-7-4-14-28-17)24-10-12-25(13-11-24)21(27)22(8-9-22)19-15-18(29-23-19)16-5-2-1-3-6-16/h1-7,14-15H,8-13H2. The van der Waals surface area contributed by atoms with E-state index >= 15 is 0 Å². The van der Waals surface area contributed by atoms with Crippen molar-refractivity contribution in [3.8, 4) is 11.3 Å². The number of hydrogen-bond donors (Lipinski definition) is 0. The van der Waals surface area contributed by atoms with Gasteiger partial charge < -0.3 is 18.7 Å². The Morgan fingerprint density at radius 2 is 1.66 bits per heavy atom. The highest BCUT2D eigenvalue weighted by atomic mass is 16.5. The second kappa shape index (κ2) is 6.92. The molecule has 29 heavy (non-hydrogen) atoms. The second-order valence-electron chi connectivity index (χ2n) is 7.59. The molecule has 1 aromatic carbocycles. The molecule has 148 valence electrons. The van der Waals surface area contributed by atoms with Gasteiger partial charge >= 0.3 is 0 Å². The summed E-state index contributed by atoms with van der Waals surface area (Å²) in [6.45, 7) is 2.01. The number of furan rings is 1. The maximum Gasteiger partial charge on any atom is 0.289 e. The molecular weight excluding hydrogens is 370 g/mol. The van der Waals surface area contributed by atoms with Crippen LogP contribution in [0.1, 0.15) is 29.1 Å². The van der Waals surface area contributed by atoms with Gasteiger partial charge in [-0.2, -0.15) is 0 Å². The van der Waals surface area contributed by atoms with E-state index in [2.05, 4.69) is 5.16 Å². The van der Waals surface area contributed by atoms with Crippen LogP contribution in [0.3, 0.4) is 0 Å². The zero-order valence-corrected chi connectivity index (χ0v) is 15.9. The van der Waals surface area contributed by atoms with Crippen molar-refractivity contribution in [3.05, 3.63) is 66.2 Å². The van der Waals surface area contributed by atoms with E-state index in [1.807, 2.05) is 41.3 Å². The first kappa shape index (κ1) is 17.7. The predicted octanol–water partition coefficient (Wildman–Crippen LogP) is 2.95. The van der Waals surface area contributed by atoms with Crippen molar-refractivity contribution in [3.63, 3.8) is 0 Å². The lowest BCUT2D eigenvalue weighted by Crippen LogP contribution is -2.53. The van der Waals surface area contributed by atoms with Crippen LogP contribution in [-0.4, -0.2) is 52.9 Å². The number of benzene rings is 1. The van der Waals surface area contributed by atoms with Crippen LogP contribution < -0.4 is 0 Å². The molecule has 1 aliphatic carbocycles. The summed E-state index contributed by atoms with van der Waals surface area (Å²) in [5.74, 6) is 0.954. The Morgan fingerprint density at radius 1 is 0.931 bits per heavy atom. The average Bonchev–Trinajstić information content (AvgIpc) is 3.19. The lowest BCUT2D eigenvalue weighted by Gasteiger charge is -2.36. The molecule has 0 spiro atoms. The van der Waals surface area contributed by atoms with Crippen LogP contribution in [0, 0.1) is 0 Å². The molecule has 7 heteroatoms. The lowest BCUT2D eigenvalue weighted by molar-refractivity contribution is -0.135.